The van der Waals surface area contributed by atoms with Gasteiger partial charge in [0.1, 0.15) is 5.94 Å². The topological polar surface area (TPSA) is 116 Å². The van der Waals surface area contributed by atoms with Gasteiger partial charge in [-0.2, -0.15) is 11.8 Å². The quantitative estimate of drug-likeness (QED) is 0.350. The molecule has 2 aliphatic rings. The van der Waals surface area contributed by atoms with Gasteiger partial charge in [0, 0.05) is 26.2 Å². The van der Waals surface area contributed by atoms with E-state index in [4.69, 9.17) is 22.1 Å². The predicted octanol–water partition coefficient (Wildman–Crippen LogP) is 1.01. The standard InChI is InChI=1S/C19H22ClN3O5S/c1-29-11-6-13(12-24)19(18(28-19,16(21)25)17(26)27)23-9-7-22(8-10-23)15-5-3-2-4-14(15)20/h2-5H,6-11H2,1H3,(H2,21,25)(H,26,27). The number of ether oxygens (including phenoxy) is 1. The third-order valence-corrected chi connectivity index (χ3v) is 6.32. The molecule has 0 aromatic heterocycles. The van der Waals surface area contributed by atoms with Crippen LogP contribution in [0.1, 0.15) is 6.42 Å². The number of aliphatic carboxylic acids is 1. The minimum atomic E-state index is -2.29. The molecule has 0 radical (unpaired) electrons. The summed E-state index contributed by atoms with van der Waals surface area (Å²) >= 11 is 7.77. The number of epoxide rings is 1. The lowest BCUT2D eigenvalue weighted by Gasteiger charge is -2.40. The Morgan fingerprint density at radius 2 is 1.97 bits per heavy atom. The van der Waals surface area contributed by atoms with Crippen LogP contribution >= 0.6 is 23.4 Å². The van der Waals surface area contributed by atoms with E-state index in [1.165, 1.54) is 11.8 Å². The molecule has 3 N–H and O–H groups in total. The van der Waals surface area contributed by atoms with Crippen LogP contribution in [-0.2, 0) is 19.1 Å². The summed E-state index contributed by atoms with van der Waals surface area (Å²) in [7, 11) is 0. The van der Waals surface area contributed by atoms with E-state index in [1.807, 2.05) is 30.4 Å². The van der Waals surface area contributed by atoms with Gasteiger partial charge in [0.15, 0.2) is 0 Å². The molecule has 10 heteroatoms. The molecule has 1 aromatic rings. The summed E-state index contributed by atoms with van der Waals surface area (Å²) in [4.78, 5) is 39.6. The average Bonchev–Trinajstić information content (AvgIpc) is 3.42. The average molecular weight is 440 g/mol. The van der Waals surface area contributed by atoms with Gasteiger partial charge in [0.05, 0.1) is 16.3 Å². The van der Waals surface area contributed by atoms with Gasteiger partial charge in [0.2, 0.25) is 5.72 Å². The maximum atomic E-state index is 12.1. The van der Waals surface area contributed by atoms with Crippen molar-refractivity contribution < 1.29 is 24.2 Å². The largest absolute Gasteiger partial charge is 0.479 e. The second kappa shape index (κ2) is 8.38. The first kappa shape index (κ1) is 21.7. The number of piperazine rings is 1. The summed E-state index contributed by atoms with van der Waals surface area (Å²) in [6.07, 6.45) is 2.11. The van der Waals surface area contributed by atoms with Crippen molar-refractivity contribution in [1.29, 1.82) is 0 Å². The number of carbonyl (C=O) groups is 2. The number of hydrogen-bond donors (Lipinski definition) is 2. The number of carboxylic acid groups (broad SMARTS) is 1. The lowest BCUT2D eigenvalue weighted by molar-refractivity contribution is -0.148. The molecule has 1 amide bonds. The van der Waals surface area contributed by atoms with Gasteiger partial charge in [-0.25, -0.2) is 9.59 Å². The molecule has 2 unspecified atom stereocenters. The molecule has 2 heterocycles. The summed E-state index contributed by atoms with van der Waals surface area (Å²) in [5.74, 6) is -0.240. The van der Waals surface area contributed by atoms with Crippen LogP contribution in [0.3, 0.4) is 0 Å². The molecule has 2 fully saturated rings. The zero-order valence-corrected chi connectivity index (χ0v) is 17.5. The summed E-state index contributed by atoms with van der Waals surface area (Å²) < 4.78 is 5.57. The fourth-order valence-corrected chi connectivity index (χ4v) is 4.59. The number of anilines is 1. The normalized spacial score (nSPS) is 26.6. The maximum Gasteiger partial charge on any atom is 0.351 e. The number of carbonyl (C=O) groups excluding carboxylic acids is 2. The van der Waals surface area contributed by atoms with Crippen LogP contribution in [-0.4, -0.2) is 77.3 Å². The number of hydrogen-bond acceptors (Lipinski definition) is 7. The van der Waals surface area contributed by atoms with Crippen molar-refractivity contribution in [3.8, 4) is 0 Å². The molecule has 0 saturated carbocycles. The smallest absolute Gasteiger partial charge is 0.351 e. The number of halogens is 1. The van der Waals surface area contributed by atoms with Gasteiger partial charge in [-0.15, -0.1) is 0 Å². The first-order chi connectivity index (χ1) is 13.8. The van der Waals surface area contributed by atoms with Crippen LogP contribution in [0.25, 0.3) is 0 Å². The third-order valence-electron chi connectivity index (χ3n) is 5.39. The molecule has 2 atom stereocenters. The number of rotatable bonds is 8. The molecule has 0 aliphatic carbocycles. The van der Waals surface area contributed by atoms with Gasteiger partial charge in [-0.05, 0) is 30.6 Å². The highest BCUT2D eigenvalue weighted by molar-refractivity contribution is 7.98. The number of primary amides is 1. The monoisotopic (exact) mass is 439 g/mol. The molecule has 3 rings (SSSR count). The Labute approximate surface area is 177 Å². The first-order valence-corrected chi connectivity index (χ1v) is 10.8. The van der Waals surface area contributed by atoms with Gasteiger partial charge in [-0.1, -0.05) is 23.7 Å². The zero-order valence-electron chi connectivity index (χ0n) is 15.9. The van der Waals surface area contributed by atoms with E-state index in [-0.39, 0.29) is 12.0 Å². The summed E-state index contributed by atoms with van der Waals surface area (Å²) in [6, 6.07) is 7.43. The fraction of sp³-hybridized carbons (Fsp3) is 0.474. The summed E-state index contributed by atoms with van der Waals surface area (Å²) in [5.41, 5.74) is 2.41. The second-order valence-electron chi connectivity index (χ2n) is 6.85. The molecular weight excluding hydrogens is 418 g/mol. The highest BCUT2D eigenvalue weighted by Crippen LogP contribution is 2.56. The van der Waals surface area contributed by atoms with Gasteiger partial charge >= 0.3 is 5.97 Å². The van der Waals surface area contributed by atoms with Crippen molar-refractivity contribution in [3.05, 3.63) is 34.9 Å². The van der Waals surface area contributed by atoms with Crippen LogP contribution in [0.5, 0.6) is 0 Å². The number of benzene rings is 1. The Morgan fingerprint density at radius 1 is 1.31 bits per heavy atom. The third kappa shape index (κ3) is 3.43. The highest BCUT2D eigenvalue weighted by Gasteiger charge is 2.84. The number of thioether (sulfide) groups is 1. The Balaban J connectivity index is 1.90. The van der Waals surface area contributed by atoms with E-state index >= 15 is 0 Å². The van der Waals surface area contributed by atoms with Gasteiger partial charge < -0.3 is 20.5 Å². The second-order valence-corrected chi connectivity index (χ2v) is 8.24. The van der Waals surface area contributed by atoms with Crippen molar-refractivity contribution in [2.24, 2.45) is 5.73 Å². The van der Waals surface area contributed by atoms with Crippen LogP contribution in [0.4, 0.5) is 5.69 Å². The Bertz CT molecular complexity index is 853. The zero-order chi connectivity index (χ0) is 21.2. The number of nitrogens with zero attached hydrogens (tertiary/aromatic N) is 2. The van der Waals surface area contributed by atoms with E-state index in [0.717, 1.165) is 5.69 Å². The minimum Gasteiger partial charge on any atom is -0.479 e. The fourth-order valence-electron chi connectivity index (χ4n) is 3.92. The maximum absolute atomic E-state index is 12.1. The van der Waals surface area contributed by atoms with Crippen LogP contribution in [0.15, 0.2) is 29.8 Å². The Hall–Kier alpha value is -2.03. The summed E-state index contributed by atoms with van der Waals surface area (Å²) in [6.45, 7) is 1.74. The molecule has 8 nitrogen and oxygen atoms in total. The molecule has 2 aliphatic heterocycles. The number of carboxylic acids is 1. The van der Waals surface area contributed by atoms with Crippen molar-refractivity contribution in [2.75, 3.05) is 43.1 Å². The van der Waals surface area contributed by atoms with Crippen LogP contribution in [0.2, 0.25) is 5.02 Å². The van der Waals surface area contributed by atoms with E-state index in [1.54, 1.807) is 11.0 Å². The van der Waals surface area contributed by atoms with Crippen molar-refractivity contribution in [1.82, 2.24) is 4.90 Å². The van der Waals surface area contributed by atoms with Gasteiger partial charge in [-0.3, -0.25) is 9.69 Å². The first-order valence-electron chi connectivity index (χ1n) is 9.06. The minimum absolute atomic E-state index is 0.0965. The van der Waals surface area contributed by atoms with E-state index in [9.17, 15) is 19.5 Å². The molecule has 156 valence electrons. The SMILES string of the molecule is CSCCC(=C=O)C1(N2CCN(c3ccccc3Cl)CC2)OC1(C(N)=O)C(=O)O. The highest BCUT2D eigenvalue weighted by atomic mass is 35.5. The molecular formula is C19H22ClN3O5S. The van der Waals surface area contributed by atoms with Gasteiger partial charge in [0.25, 0.3) is 11.5 Å². The lowest BCUT2D eigenvalue weighted by atomic mass is 9.89. The van der Waals surface area contributed by atoms with Crippen molar-refractivity contribution >= 4 is 46.9 Å². The molecule has 0 spiro atoms. The van der Waals surface area contributed by atoms with Crippen molar-refractivity contribution in [2.45, 2.75) is 17.7 Å². The Kier molecular flexibility index (Phi) is 6.26. The Morgan fingerprint density at radius 3 is 2.45 bits per heavy atom. The lowest BCUT2D eigenvalue weighted by Crippen LogP contribution is -2.59. The number of nitrogens with two attached hydrogens (primary N) is 1. The number of para-hydroxylation sites is 1. The molecule has 1 aromatic carbocycles. The van der Waals surface area contributed by atoms with Crippen LogP contribution in [0, 0.1) is 0 Å². The van der Waals surface area contributed by atoms with E-state index in [0.29, 0.717) is 37.0 Å². The van der Waals surface area contributed by atoms with E-state index < -0.39 is 23.2 Å². The summed E-state index contributed by atoms with van der Waals surface area (Å²) in [5, 5.41) is 10.4. The molecule has 29 heavy (non-hydrogen) atoms. The predicted molar refractivity (Wildman–Crippen MR) is 111 cm³/mol. The van der Waals surface area contributed by atoms with E-state index in [2.05, 4.69) is 4.90 Å². The number of amides is 1. The van der Waals surface area contributed by atoms with Crippen LogP contribution < -0.4 is 10.6 Å². The molecule has 2 saturated heterocycles. The molecule has 0 bridgehead atoms. The van der Waals surface area contributed by atoms with Crippen molar-refractivity contribution in [3.63, 3.8) is 0 Å².